The van der Waals surface area contributed by atoms with E-state index in [1.54, 1.807) is 4.90 Å². The number of carbonyl (C=O) groups excluding carboxylic acids is 1. The van der Waals surface area contributed by atoms with E-state index < -0.39 is 0 Å². The van der Waals surface area contributed by atoms with Crippen LogP contribution < -0.4 is 4.90 Å². The van der Waals surface area contributed by atoms with E-state index in [1.807, 2.05) is 47.0 Å². The summed E-state index contributed by atoms with van der Waals surface area (Å²) in [5.74, 6) is 2.35. The molecule has 1 saturated heterocycles. The molecule has 0 radical (unpaired) electrons. The van der Waals surface area contributed by atoms with Crippen molar-refractivity contribution in [1.82, 2.24) is 24.7 Å². The molecule has 1 aromatic carbocycles. The van der Waals surface area contributed by atoms with Gasteiger partial charge in [-0.2, -0.15) is 4.52 Å². The van der Waals surface area contributed by atoms with Gasteiger partial charge in [-0.05, 0) is 30.5 Å². The van der Waals surface area contributed by atoms with Crippen LogP contribution in [0.3, 0.4) is 0 Å². The van der Waals surface area contributed by atoms with Crippen molar-refractivity contribution in [3.63, 3.8) is 0 Å². The smallest absolute Gasteiger partial charge is 0.410 e. The maximum atomic E-state index is 12.3. The molecule has 0 bridgehead atoms. The van der Waals surface area contributed by atoms with Crippen molar-refractivity contribution >= 4 is 17.6 Å². The third-order valence-electron chi connectivity index (χ3n) is 5.28. The molecule has 1 amide bonds. The highest BCUT2D eigenvalue weighted by atomic mass is 16.6. The van der Waals surface area contributed by atoms with Gasteiger partial charge >= 0.3 is 6.09 Å². The molecule has 3 heterocycles. The van der Waals surface area contributed by atoms with Gasteiger partial charge in [-0.3, -0.25) is 0 Å². The lowest BCUT2D eigenvalue weighted by Crippen LogP contribution is -2.49. The molecular weight excluding hydrogens is 356 g/mol. The lowest BCUT2D eigenvalue weighted by Gasteiger charge is -2.34. The Morgan fingerprint density at radius 1 is 1.00 bits per heavy atom. The molecule has 0 spiro atoms. The number of rotatable bonds is 4. The molecule has 1 saturated carbocycles. The number of amides is 1. The van der Waals surface area contributed by atoms with Gasteiger partial charge in [-0.25, -0.2) is 4.79 Å². The van der Waals surface area contributed by atoms with Gasteiger partial charge in [0.05, 0.1) is 0 Å². The summed E-state index contributed by atoms with van der Waals surface area (Å²) in [7, 11) is 0. The molecular formula is C20H22N6O2. The minimum Gasteiger partial charge on any atom is -0.445 e. The largest absolute Gasteiger partial charge is 0.445 e. The number of nitrogens with zero attached hydrogens (tertiary/aromatic N) is 6. The Bertz CT molecular complexity index is 977. The Hall–Kier alpha value is -3.16. The summed E-state index contributed by atoms with van der Waals surface area (Å²) in [6, 6.07) is 13.7. The molecule has 0 unspecified atom stereocenters. The second-order valence-corrected chi connectivity index (χ2v) is 7.31. The van der Waals surface area contributed by atoms with Crippen molar-refractivity contribution in [2.24, 2.45) is 0 Å². The standard InChI is InChI=1S/C20H22N6O2/c27-20(28-14-15-4-2-1-3-5-15)25-12-10-24(11-13-25)18-9-8-17-21-22-19(16-6-7-16)26(17)23-18/h1-5,8-9,16H,6-7,10-14H2. The topological polar surface area (TPSA) is 75.9 Å². The van der Waals surface area contributed by atoms with Crippen molar-refractivity contribution in [1.29, 1.82) is 0 Å². The summed E-state index contributed by atoms with van der Waals surface area (Å²) in [5.41, 5.74) is 1.78. The van der Waals surface area contributed by atoms with Crippen LogP contribution in [0.1, 0.15) is 30.1 Å². The highest BCUT2D eigenvalue weighted by Gasteiger charge is 2.30. The van der Waals surface area contributed by atoms with Crippen molar-refractivity contribution in [3.05, 3.63) is 53.9 Å². The number of carbonyl (C=O) groups is 1. The zero-order valence-electron chi connectivity index (χ0n) is 15.6. The third kappa shape index (κ3) is 3.37. The predicted octanol–water partition coefficient (Wildman–Crippen LogP) is 2.46. The van der Waals surface area contributed by atoms with E-state index in [4.69, 9.17) is 9.84 Å². The molecule has 1 aliphatic heterocycles. The van der Waals surface area contributed by atoms with Crippen LogP contribution in [0.25, 0.3) is 5.65 Å². The zero-order chi connectivity index (χ0) is 18.9. The highest BCUT2D eigenvalue weighted by molar-refractivity contribution is 5.68. The quantitative estimate of drug-likeness (QED) is 0.694. The predicted molar refractivity (Wildman–Crippen MR) is 103 cm³/mol. The number of aromatic nitrogens is 4. The second kappa shape index (κ2) is 7.10. The Kier molecular flexibility index (Phi) is 4.31. The van der Waals surface area contributed by atoms with Crippen LogP contribution in [0.15, 0.2) is 42.5 Å². The number of anilines is 1. The molecule has 0 N–H and O–H groups in total. The van der Waals surface area contributed by atoms with E-state index in [2.05, 4.69) is 15.1 Å². The maximum Gasteiger partial charge on any atom is 0.410 e. The van der Waals surface area contributed by atoms with Crippen LogP contribution in [-0.2, 0) is 11.3 Å². The van der Waals surface area contributed by atoms with Crippen molar-refractivity contribution in [2.45, 2.75) is 25.4 Å². The van der Waals surface area contributed by atoms with Crippen LogP contribution in [0.2, 0.25) is 0 Å². The summed E-state index contributed by atoms with van der Waals surface area (Å²) in [6.45, 7) is 2.98. The van der Waals surface area contributed by atoms with E-state index in [0.29, 0.717) is 25.6 Å². The number of fused-ring (bicyclic) bond motifs is 1. The van der Waals surface area contributed by atoms with E-state index in [0.717, 1.165) is 48.8 Å². The first-order chi connectivity index (χ1) is 13.8. The first-order valence-corrected chi connectivity index (χ1v) is 9.71. The summed E-state index contributed by atoms with van der Waals surface area (Å²) >= 11 is 0. The van der Waals surface area contributed by atoms with Crippen LogP contribution in [0.5, 0.6) is 0 Å². The molecule has 5 rings (SSSR count). The van der Waals surface area contributed by atoms with Crippen LogP contribution in [0, 0.1) is 0 Å². The minimum absolute atomic E-state index is 0.262. The molecule has 3 aromatic rings. The summed E-state index contributed by atoms with van der Waals surface area (Å²) in [5, 5.41) is 13.2. The lowest BCUT2D eigenvalue weighted by atomic mass is 10.2. The molecule has 2 fully saturated rings. The van der Waals surface area contributed by atoms with Crippen molar-refractivity contribution < 1.29 is 9.53 Å². The van der Waals surface area contributed by atoms with Crippen LogP contribution in [-0.4, -0.2) is 57.0 Å². The Morgan fingerprint density at radius 3 is 2.54 bits per heavy atom. The third-order valence-corrected chi connectivity index (χ3v) is 5.28. The average Bonchev–Trinajstić information content (AvgIpc) is 3.51. The molecule has 144 valence electrons. The van der Waals surface area contributed by atoms with E-state index >= 15 is 0 Å². The molecule has 2 aliphatic rings. The van der Waals surface area contributed by atoms with E-state index in [9.17, 15) is 4.79 Å². The fourth-order valence-electron chi connectivity index (χ4n) is 3.49. The zero-order valence-corrected chi connectivity index (χ0v) is 15.6. The van der Waals surface area contributed by atoms with Gasteiger partial charge in [0.25, 0.3) is 0 Å². The molecule has 8 heteroatoms. The molecule has 8 nitrogen and oxygen atoms in total. The highest BCUT2D eigenvalue weighted by Crippen LogP contribution is 2.38. The Morgan fingerprint density at radius 2 is 1.79 bits per heavy atom. The SMILES string of the molecule is O=C(OCc1ccccc1)N1CCN(c2ccc3nnc(C4CC4)n3n2)CC1. The fourth-order valence-corrected chi connectivity index (χ4v) is 3.49. The van der Waals surface area contributed by atoms with Gasteiger partial charge in [0.2, 0.25) is 0 Å². The summed E-state index contributed by atoms with van der Waals surface area (Å²) in [6.07, 6.45) is 2.06. The van der Waals surface area contributed by atoms with Crippen LogP contribution >= 0.6 is 0 Å². The average molecular weight is 378 g/mol. The number of hydrogen-bond acceptors (Lipinski definition) is 6. The van der Waals surface area contributed by atoms with Crippen LogP contribution in [0.4, 0.5) is 10.6 Å². The molecule has 1 aliphatic carbocycles. The maximum absolute atomic E-state index is 12.3. The Labute approximate surface area is 162 Å². The lowest BCUT2D eigenvalue weighted by molar-refractivity contribution is 0.0941. The molecule has 2 aromatic heterocycles. The van der Waals surface area contributed by atoms with Gasteiger partial charge < -0.3 is 14.5 Å². The van der Waals surface area contributed by atoms with Crippen molar-refractivity contribution in [2.75, 3.05) is 31.1 Å². The van der Waals surface area contributed by atoms with Gasteiger partial charge in [-0.15, -0.1) is 15.3 Å². The second-order valence-electron chi connectivity index (χ2n) is 7.31. The number of benzene rings is 1. The van der Waals surface area contributed by atoms with E-state index in [1.165, 1.54) is 0 Å². The molecule has 28 heavy (non-hydrogen) atoms. The first kappa shape index (κ1) is 17.0. The molecule has 0 atom stereocenters. The number of hydrogen-bond donors (Lipinski definition) is 0. The fraction of sp³-hybridized carbons (Fsp3) is 0.400. The minimum atomic E-state index is -0.262. The summed E-state index contributed by atoms with van der Waals surface area (Å²) in [4.78, 5) is 16.3. The number of piperazine rings is 1. The number of ether oxygens (including phenoxy) is 1. The van der Waals surface area contributed by atoms with Gasteiger partial charge in [0.15, 0.2) is 11.5 Å². The van der Waals surface area contributed by atoms with Gasteiger partial charge in [-0.1, -0.05) is 30.3 Å². The normalized spacial score (nSPS) is 17.1. The van der Waals surface area contributed by atoms with Crippen molar-refractivity contribution in [3.8, 4) is 0 Å². The summed E-state index contributed by atoms with van der Waals surface area (Å²) < 4.78 is 7.31. The monoisotopic (exact) mass is 378 g/mol. The Balaban J connectivity index is 1.20. The van der Waals surface area contributed by atoms with Gasteiger partial charge in [0.1, 0.15) is 12.4 Å². The van der Waals surface area contributed by atoms with E-state index in [-0.39, 0.29) is 6.09 Å². The van der Waals surface area contributed by atoms with Gasteiger partial charge in [0, 0.05) is 32.1 Å². The first-order valence-electron chi connectivity index (χ1n) is 9.71.